The fourth-order valence-electron chi connectivity index (χ4n) is 1.84. The van der Waals surface area contributed by atoms with Gasteiger partial charge in [-0.2, -0.15) is 12.6 Å². The standard InChI is InChI=1S/C16H24O4S/c1-3-6-13-7-4-5-8-15(13)19-10-14(17)11-20-16(18)9-12(2)21/h4-5,7-8,12,14,17,21H,3,6,9-11H2,1-2H3. The highest BCUT2D eigenvalue weighted by atomic mass is 32.1. The second-order valence-electron chi connectivity index (χ2n) is 5.06. The van der Waals surface area contributed by atoms with Crippen molar-refractivity contribution in [1.29, 1.82) is 0 Å². The van der Waals surface area contributed by atoms with Crippen LogP contribution in [0, 0.1) is 0 Å². The fraction of sp³-hybridized carbons (Fsp3) is 0.562. The van der Waals surface area contributed by atoms with Gasteiger partial charge < -0.3 is 14.6 Å². The van der Waals surface area contributed by atoms with Crippen molar-refractivity contribution in [3.05, 3.63) is 29.8 Å². The van der Waals surface area contributed by atoms with Crippen LogP contribution in [-0.4, -0.2) is 35.6 Å². The number of aryl methyl sites for hydroxylation is 1. The number of thiol groups is 1. The van der Waals surface area contributed by atoms with Crippen LogP contribution in [-0.2, 0) is 16.0 Å². The Labute approximate surface area is 131 Å². The van der Waals surface area contributed by atoms with Gasteiger partial charge in [0.2, 0.25) is 0 Å². The Bertz CT molecular complexity index is 434. The Kier molecular flexibility index (Phi) is 8.23. The van der Waals surface area contributed by atoms with Crippen molar-refractivity contribution in [2.45, 2.75) is 44.5 Å². The minimum Gasteiger partial charge on any atom is -0.490 e. The zero-order valence-corrected chi connectivity index (χ0v) is 13.5. The molecule has 0 aromatic heterocycles. The summed E-state index contributed by atoms with van der Waals surface area (Å²) >= 11 is 4.11. The molecule has 0 fully saturated rings. The minimum absolute atomic E-state index is 0.0492. The average Bonchev–Trinajstić information content (AvgIpc) is 2.44. The molecule has 1 aromatic carbocycles. The molecule has 0 bridgehead atoms. The lowest BCUT2D eigenvalue weighted by molar-refractivity contribution is -0.147. The second-order valence-corrected chi connectivity index (χ2v) is 5.94. The summed E-state index contributed by atoms with van der Waals surface area (Å²) < 4.78 is 10.6. The maximum atomic E-state index is 11.3. The van der Waals surface area contributed by atoms with E-state index in [1.807, 2.05) is 31.2 Å². The van der Waals surface area contributed by atoms with E-state index in [0.29, 0.717) is 0 Å². The van der Waals surface area contributed by atoms with Crippen molar-refractivity contribution in [2.75, 3.05) is 13.2 Å². The molecule has 5 heteroatoms. The molecule has 118 valence electrons. The summed E-state index contributed by atoms with van der Waals surface area (Å²) in [5, 5.41) is 9.74. The molecular weight excluding hydrogens is 288 g/mol. The maximum absolute atomic E-state index is 11.3. The largest absolute Gasteiger partial charge is 0.490 e. The zero-order valence-electron chi connectivity index (χ0n) is 12.6. The van der Waals surface area contributed by atoms with Gasteiger partial charge in [-0.25, -0.2) is 0 Å². The molecule has 1 N–H and O–H groups in total. The first-order chi connectivity index (χ1) is 10.0. The number of aliphatic hydroxyl groups is 1. The summed E-state index contributed by atoms with van der Waals surface area (Å²) in [6.45, 7) is 3.96. The van der Waals surface area contributed by atoms with E-state index in [2.05, 4.69) is 19.6 Å². The first-order valence-corrected chi connectivity index (χ1v) is 7.77. The number of hydrogen-bond acceptors (Lipinski definition) is 5. The quantitative estimate of drug-likeness (QED) is 0.544. The minimum atomic E-state index is -0.834. The van der Waals surface area contributed by atoms with Crippen LogP contribution < -0.4 is 4.74 Å². The lowest BCUT2D eigenvalue weighted by Crippen LogP contribution is -2.26. The number of esters is 1. The van der Waals surface area contributed by atoms with Crippen LogP contribution in [0.2, 0.25) is 0 Å². The van der Waals surface area contributed by atoms with Gasteiger partial charge in [-0.3, -0.25) is 4.79 Å². The molecule has 0 amide bonds. The van der Waals surface area contributed by atoms with Gasteiger partial charge in [0.1, 0.15) is 25.1 Å². The predicted molar refractivity (Wildman–Crippen MR) is 86.0 cm³/mol. The van der Waals surface area contributed by atoms with Crippen LogP contribution in [0.5, 0.6) is 5.75 Å². The van der Waals surface area contributed by atoms with Gasteiger partial charge in [-0.05, 0) is 18.1 Å². The number of para-hydroxylation sites is 1. The van der Waals surface area contributed by atoms with E-state index in [1.165, 1.54) is 0 Å². The lowest BCUT2D eigenvalue weighted by atomic mass is 10.1. The smallest absolute Gasteiger partial charge is 0.306 e. The van der Waals surface area contributed by atoms with Crippen molar-refractivity contribution >= 4 is 18.6 Å². The van der Waals surface area contributed by atoms with Gasteiger partial charge in [0.05, 0.1) is 6.42 Å². The summed E-state index contributed by atoms with van der Waals surface area (Å²) in [5.41, 5.74) is 1.12. The summed E-state index contributed by atoms with van der Waals surface area (Å²) in [6.07, 6.45) is 1.36. The number of aliphatic hydroxyl groups excluding tert-OH is 1. The van der Waals surface area contributed by atoms with Crippen LogP contribution >= 0.6 is 12.6 Å². The van der Waals surface area contributed by atoms with E-state index in [4.69, 9.17) is 9.47 Å². The molecule has 0 aliphatic rings. The highest BCUT2D eigenvalue weighted by Gasteiger charge is 2.12. The van der Waals surface area contributed by atoms with Gasteiger partial charge in [0.25, 0.3) is 0 Å². The Morgan fingerprint density at radius 2 is 2.05 bits per heavy atom. The van der Waals surface area contributed by atoms with Crippen LogP contribution in [0.15, 0.2) is 24.3 Å². The van der Waals surface area contributed by atoms with Gasteiger partial charge in [-0.1, -0.05) is 38.5 Å². The van der Waals surface area contributed by atoms with Crippen LogP contribution in [0.1, 0.15) is 32.3 Å². The van der Waals surface area contributed by atoms with E-state index in [1.54, 1.807) is 0 Å². The third-order valence-corrected chi connectivity index (χ3v) is 3.00. The molecule has 4 nitrogen and oxygen atoms in total. The molecule has 0 radical (unpaired) electrons. The molecule has 2 atom stereocenters. The molecule has 1 rings (SSSR count). The highest BCUT2D eigenvalue weighted by molar-refractivity contribution is 7.80. The molecule has 0 saturated heterocycles. The van der Waals surface area contributed by atoms with Crippen molar-refractivity contribution in [3.63, 3.8) is 0 Å². The highest BCUT2D eigenvalue weighted by Crippen LogP contribution is 2.19. The Morgan fingerprint density at radius 3 is 2.71 bits per heavy atom. The van der Waals surface area contributed by atoms with Crippen LogP contribution in [0.3, 0.4) is 0 Å². The summed E-state index contributed by atoms with van der Waals surface area (Å²) in [7, 11) is 0. The number of benzene rings is 1. The Balaban J connectivity index is 2.36. The van der Waals surface area contributed by atoms with Gasteiger partial charge in [0, 0.05) is 5.25 Å². The predicted octanol–water partition coefficient (Wildman–Crippen LogP) is 2.63. The van der Waals surface area contributed by atoms with Crippen molar-refractivity contribution in [3.8, 4) is 5.75 Å². The number of carbonyl (C=O) groups is 1. The first-order valence-electron chi connectivity index (χ1n) is 7.25. The fourth-order valence-corrected chi connectivity index (χ4v) is 1.99. The van der Waals surface area contributed by atoms with Crippen molar-refractivity contribution < 1.29 is 19.4 Å². The monoisotopic (exact) mass is 312 g/mol. The molecule has 0 saturated carbocycles. The molecule has 0 heterocycles. The topological polar surface area (TPSA) is 55.8 Å². The molecule has 2 unspecified atom stereocenters. The number of ether oxygens (including phenoxy) is 2. The SMILES string of the molecule is CCCc1ccccc1OCC(O)COC(=O)CC(C)S. The van der Waals surface area contributed by atoms with E-state index < -0.39 is 6.10 Å². The third kappa shape index (κ3) is 7.39. The molecule has 0 aliphatic heterocycles. The molecule has 21 heavy (non-hydrogen) atoms. The molecule has 1 aromatic rings. The van der Waals surface area contributed by atoms with Crippen LogP contribution in [0.4, 0.5) is 0 Å². The molecule has 0 spiro atoms. The lowest BCUT2D eigenvalue weighted by Gasteiger charge is -2.15. The zero-order chi connectivity index (χ0) is 15.7. The number of carbonyl (C=O) groups excluding carboxylic acids is 1. The Morgan fingerprint density at radius 1 is 1.33 bits per heavy atom. The van der Waals surface area contributed by atoms with E-state index in [9.17, 15) is 9.90 Å². The maximum Gasteiger partial charge on any atom is 0.306 e. The third-order valence-electron chi connectivity index (χ3n) is 2.82. The second kappa shape index (κ2) is 9.68. The van der Waals surface area contributed by atoms with Crippen molar-refractivity contribution in [2.24, 2.45) is 0 Å². The normalized spacial score (nSPS) is 13.5. The summed E-state index contributed by atoms with van der Waals surface area (Å²) in [6, 6.07) is 7.76. The van der Waals surface area contributed by atoms with Crippen molar-refractivity contribution in [1.82, 2.24) is 0 Å². The van der Waals surface area contributed by atoms with E-state index in [0.717, 1.165) is 24.2 Å². The summed E-state index contributed by atoms with van der Waals surface area (Å²) in [5.74, 6) is 0.414. The van der Waals surface area contributed by atoms with E-state index in [-0.39, 0.29) is 30.9 Å². The molecular formula is C16H24O4S. The molecule has 0 aliphatic carbocycles. The van der Waals surface area contributed by atoms with Gasteiger partial charge >= 0.3 is 5.97 Å². The number of hydrogen-bond donors (Lipinski definition) is 2. The average molecular weight is 312 g/mol. The number of rotatable bonds is 9. The first kappa shape index (κ1) is 17.9. The van der Waals surface area contributed by atoms with E-state index >= 15 is 0 Å². The van der Waals surface area contributed by atoms with Crippen LogP contribution in [0.25, 0.3) is 0 Å². The van der Waals surface area contributed by atoms with Gasteiger partial charge in [-0.15, -0.1) is 0 Å². The van der Waals surface area contributed by atoms with Gasteiger partial charge in [0.15, 0.2) is 0 Å². The Hall–Kier alpha value is -1.20. The summed E-state index contributed by atoms with van der Waals surface area (Å²) in [4.78, 5) is 11.3.